The van der Waals surface area contributed by atoms with Gasteiger partial charge in [0.2, 0.25) is 5.91 Å². The third kappa shape index (κ3) is 6.50. The fourth-order valence-corrected chi connectivity index (χ4v) is 2.44. The van der Waals surface area contributed by atoms with Crippen LogP contribution in [0.3, 0.4) is 0 Å². The number of ether oxygens (including phenoxy) is 1. The molecule has 0 spiro atoms. The quantitative estimate of drug-likeness (QED) is 0.584. The van der Waals surface area contributed by atoms with Gasteiger partial charge in [-0.2, -0.15) is 11.8 Å². The second kappa shape index (κ2) is 9.25. The lowest BCUT2D eigenvalue weighted by Gasteiger charge is -2.09. The van der Waals surface area contributed by atoms with Crippen LogP contribution in [0.15, 0.2) is 24.3 Å². The van der Waals surface area contributed by atoms with Gasteiger partial charge in [0, 0.05) is 12.1 Å². The Hall–Kier alpha value is -1.73. The molecule has 0 aliphatic rings. The first-order valence-corrected chi connectivity index (χ1v) is 7.64. The minimum absolute atomic E-state index is 0.102. The minimum atomic E-state index is -1.02. The first-order chi connectivity index (χ1) is 10.0. The number of amides is 1. The fraction of sp³-hybridized carbons (Fsp3) is 0.429. The van der Waals surface area contributed by atoms with Gasteiger partial charge in [0.1, 0.15) is 11.8 Å². The van der Waals surface area contributed by atoms with E-state index in [1.165, 1.54) is 11.8 Å². The summed E-state index contributed by atoms with van der Waals surface area (Å²) in [7, 11) is 1.59. The van der Waals surface area contributed by atoms with Gasteiger partial charge in [-0.25, -0.2) is 0 Å². The van der Waals surface area contributed by atoms with Crippen molar-refractivity contribution >= 4 is 23.6 Å². The Bertz CT molecular complexity index is 482. The molecule has 0 saturated heterocycles. The van der Waals surface area contributed by atoms with E-state index >= 15 is 0 Å². The van der Waals surface area contributed by atoms with Crippen LogP contribution in [0, 0.1) is 0 Å². The molecule has 116 valence electrons. The van der Waals surface area contributed by atoms with E-state index in [0.717, 1.165) is 11.3 Å². The number of rotatable bonds is 9. The fourth-order valence-electron chi connectivity index (χ4n) is 1.59. The number of aliphatic carboxylic acids is 1. The maximum Gasteiger partial charge on any atom is 0.320 e. The van der Waals surface area contributed by atoms with E-state index in [2.05, 4.69) is 5.32 Å². The van der Waals surface area contributed by atoms with Gasteiger partial charge in [-0.1, -0.05) is 18.2 Å². The maximum atomic E-state index is 11.7. The molecule has 0 aliphatic carbocycles. The van der Waals surface area contributed by atoms with Crippen LogP contribution in [0.2, 0.25) is 0 Å². The zero-order valence-corrected chi connectivity index (χ0v) is 12.7. The molecule has 1 unspecified atom stereocenters. The molecule has 0 saturated carbocycles. The van der Waals surface area contributed by atoms with Crippen molar-refractivity contribution in [3.05, 3.63) is 29.8 Å². The smallest absolute Gasteiger partial charge is 0.320 e. The lowest BCUT2D eigenvalue weighted by molar-refractivity contribution is -0.138. The van der Waals surface area contributed by atoms with Gasteiger partial charge < -0.3 is 20.9 Å². The Kier molecular flexibility index (Phi) is 7.63. The largest absolute Gasteiger partial charge is 0.496 e. The average Bonchev–Trinajstić information content (AvgIpc) is 2.49. The number of nitrogens with two attached hydrogens (primary N) is 1. The highest BCUT2D eigenvalue weighted by molar-refractivity contribution is 7.99. The minimum Gasteiger partial charge on any atom is -0.496 e. The highest BCUT2D eigenvalue weighted by atomic mass is 32.2. The maximum absolute atomic E-state index is 11.7. The lowest BCUT2D eigenvalue weighted by atomic mass is 10.2. The molecule has 0 heterocycles. The number of benzene rings is 1. The van der Waals surface area contributed by atoms with Crippen molar-refractivity contribution in [3.8, 4) is 5.75 Å². The number of carbonyl (C=O) groups excluding carboxylic acids is 1. The van der Waals surface area contributed by atoms with Crippen LogP contribution >= 0.6 is 11.8 Å². The Morgan fingerprint density at radius 2 is 2.14 bits per heavy atom. The van der Waals surface area contributed by atoms with Crippen LogP contribution in [0.25, 0.3) is 0 Å². The van der Waals surface area contributed by atoms with Gasteiger partial charge in [0.05, 0.1) is 12.9 Å². The molecular formula is C14H20N2O4S. The van der Waals surface area contributed by atoms with Crippen LogP contribution in [-0.2, 0) is 16.1 Å². The molecule has 0 fully saturated rings. The van der Waals surface area contributed by atoms with E-state index in [4.69, 9.17) is 15.6 Å². The standard InChI is InChI=1S/C14H20N2O4S/c1-20-12-5-3-2-4-10(12)8-16-13(17)9-21-7-6-11(15)14(18)19/h2-5,11H,6-9,15H2,1H3,(H,16,17)(H,18,19). The molecule has 6 nitrogen and oxygen atoms in total. The van der Waals surface area contributed by atoms with Crippen molar-refractivity contribution in [3.63, 3.8) is 0 Å². The summed E-state index contributed by atoms with van der Waals surface area (Å²) in [4.78, 5) is 22.2. The molecule has 4 N–H and O–H groups in total. The van der Waals surface area contributed by atoms with Crippen molar-refractivity contribution in [1.82, 2.24) is 5.32 Å². The number of methoxy groups -OCH3 is 1. The first-order valence-electron chi connectivity index (χ1n) is 6.49. The van der Waals surface area contributed by atoms with Crippen LogP contribution < -0.4 is 15.8 Å². The van der Waals surface area contributed by atoms with Gasteiger partial charge in [-0.15, -0.1) is 0 Å². The summed E-state index contributed by atoms with van der Waals surface area (Å²) >= 11 is 1.37. The Morgan fingerprint density at radius 3 is 2.81 bits per heavy atom. The Morgan fingerprint density at radius 1 is 1.43 bits per heavy atom. The van der Waals surface area contributed by atoms with E-state index in [1.54, 1.807) is 7.11 Å². The summed E-state index contributed by atoms with van der Waals surface area (Å²) in [5.74, 6) is 0.431. The van der Waals surface area contributed by atoms with Crippen LogP contribution in [-0.4, -0.2) is 41.6 Å². The van der Waals surface area contributed by atoms with Gasteiger partial charge in [-0.3, -0.25) is 9.59 Å². The molecule has 1 aromatic rings. The van der Waals surface area contributed by atoms with Crippen molar-refractivity contribution in [2.75, 3.05) is 18.6 Å². The number of carboxylic acid groups (broad SMARTS) is 1. The second-order valence-electron chi connectivity index (χ2n) is 4.37. The van der Waals surface area contributed by atoms with Crippen LogP contribution in [0.5, 0.6) is 5.75 Å². The molecule has 1 rings (SSSR count). The van der Waals surface area contributed by atoms with E-state index in [1.807, 2.05) is 24.3 Å². The normalized spacial score (nSPS) is 11.7. The molecule has 0 aromatic heterocycles. The number of carbonyl (C=O) groups is 2. The molecular weight excluding hydrogens is 292 g/mol. The third-order valence-electron chi connectivity index (χ3n) is 2.79. The highest BCUT2D eigenvalue weighted by Gasteiger charge is 2.11. The molecule has 1 atom stereocenters. The molecule has 0 aliphatic heterocycles. The molecule has 0 radical (unpaired) electrons. The number of carboxylic acids is 1. The molecule has 1 amide bonds. The number of hydrogen-bond donors (Lipinski definition) is 3. The van der Waals surface area contributed by atoms with Gasteiger partial charge in [0.15, 0.2) is 0 Å². The highest BCUT2D eigenvalue weighted by Crippen LogP contribution is 2.16. The lowest BCUT2D eigenvalue weighted by Crippen LogP contribution is -2.31. The number of hydrogen-bond acceptors (Lipinski definition) is 5. The second-order valence-corrected chi connectivity index (χ2v) is 5.48. The topological polar surface area (TPSA) is 102 Å². The summed E-state index contributed by atoms with van der Waals surface area (Å²) in [5, 5.41) is 11.4. The molecule has 21 heavy (non-hydrogen) atoms. The predicted molar refractivity (Wildman–Crippen MR) is 82.4 cm³/mol. The van der Waals surface area contributed by atoms with Crippen molar-refractivity contribution in [2.24, 2.45) is 5.73 Å². The summed E-state index contributed by atoms with van der Waals surface area (Å²) in [5.41, 5.74) is 6.28. The average molecular weight is 312 g/mol. The molecule has 7 heteroatoms. The van der Waals surface area contributed by atoms with Gasteiger partial charge >= 0.3 is 5.97 Å². The van der Waals surface area contributed by atoms with E-state index in [-0.39, 0.29) is 11.7 Å². The van der Waals surface area contributed by atoms with Crippen LogP contribution in [0.4, 0.5) is 0 Å². The van der Waals surface area contributed by atoms with Crippen molar-refractivity contribution in [2.45, 2.75) is 19.0 Å². The van der Waals surface area contributed by atoms with Gasteiger partial charge in [-0.05, 0) is 18.2 Å². The summed E-state index contributed by atoms with van der Waals surface area (Å²) in [6.45, 7) is 0.401. The summed E-state index contributed by atoms with van der Waals surface area (Å²) in [6, 6.07) is 6.61. The zero-order chi connectivity index (χ0) is 15.7. The monoisotopic (exact) mass is 312 g/mol. The van der Waals surface area contributed by atoms with Crippen molar-refractivity contribution in [1.29, 1.82) is 0 Å². The number of thioether (sulfide) groups is 1. The zero-order valence-electron chi connectivity index (χ0n) is 11.9. The Labute approximate surface area is 128 Å². The summed E-state index contributed by atoms with van der Waals surface area (Å²) in [6.07, 6.45) is 0.347. The van der Waals surface area contributed by atoms with Gasteiger partial charge in [0.25, 0.3) is 0 Å². The molecule has 1 aromatic carbocycles. The van der Waals surface area contributed by atoms with E-state index in [9.17, 15) is 9.59 Å². The number of nitrogens with one attached hydrogen (secondary N) is 1. The van der Waals surface area contributed by atoms with E-state index < -0.39 is 12.0 Å². The van der Waals surface area contributed by atoms with Crippen molar-refractivity contribution < 1.29 is 19.4 Å². The molecule has 0 bridgehead atoms. The van der Waals surface area contributed by atoms with E-state index in [0.29, 0.717) is 18.7 Å². The number of para-hydroxylation sites is 1. The van der Waals surface area contributed by atoms with Crippen LogP contribution in [0.1, 0.15) is 12.0 Å². The first kappa shape index (κ1) is 17.3. The predicted octanol–water partition coefficient (Wildman–Crippen LogP) is 0.847. The summed E-state index contributed by atoms with van der Waals surface area (Å²) < 4.78 is 5.20. The SMILES string of the molecule is COc1ccccc1CNC(=O)CSCCC(N)C(=O)O. The Balaban J connectivity index is 2.24. The third-order valence-corrected chi connectivity index (χ3v) is 3.78.